The molecule has 23 heavy (non-hydrogen) atoms. The molecule has 0 aromatic heterocycles. The van der Waals surface area contributed by atoms with Crippen LogP contribution in [0, 0.1) is 5.92 Å². The Balaban J connectivity index is 1.84. The van der Waals surface area contributed by atoms with E-state index in [1.165, 1.54) is 11.1 Å². The number of rotatable bonds is 1. The van der Waals surface area contributed by atoms with E-state index < -0.39 is 0 Å². The van der Waals surface area contributed by atoms with Gasteiger partial charge in [-0.3, -0.25) is 9.69 Å². The molecule has 4 aliphatic rings. The summed E-state index contributed by atoms with van der Waals surface area (Å²) in [4.78, 5) is 14.5. The Morgan fingerprint density at radius 3 is 3.09 bits per heavy atom. The lowest BCUT2D eigenvalue weighted by molar-refractivity contribution is -0.105. The van der Waals surface area contributed by atoms with Crippen molar-refractivity contribution in [2.75, 3.05) is 18.4 Å². The minimum absolute atomic E-state index is 0.139. The third-order valence-corrected chi connectivity index (χ3v) is 6.48. The van der Waals surface area contributed by atoms with Crippen molar-refractivity contribution in [1.29, 1.82) is 0 Å². The van der Waals surface area contributed by atoms with Crippen molar-refractivity contribution in [2.24, 2.45) is 5.92 Å². The van der Waals surface area contributed by atoms with Gasteiger partial charge in [-0.15, -0.1) is 0 Å². The second-order valence-electron chi connectivity index (χ2n) is 7.13. The van der Waals surface area contributed by atoms with Crippen molar-refractivity contribution in [3.63, 3.8) is 0 Å². The highest BCUT2D eigenvalue weighted by atomic mass is 16.3. The molecular formula is C19H20N2O2. The van der Waals surface area contributed by atoms with Crippen LogP contribution >= 0.6 is 0 Å². The number of benzene rings is 1. The van der Waals surface area contributed by atoms with Gasteiger partial charge in [-0.25, -0.2) is 0 Å². The van der Waals surface area contributed by atoms with E-state index in [2.05, 4.69) is 29.3 Å². The van der Waals surface area contributed by atoms with Gasteiger partial charge in [-0.2, -0.15) is 0 Å². The maximum absolute atomic E-state index is 12.0. The van der Waals surface area contributed by atoms with Crippen LogP contribution in [0.1, 0.15) is 25.3 Å². The highest BCUT2D eigenvalue weighted by Gasteiger charge is 2.61. The number of piperidine rings is 1. The van der Waals surface area contributed by atoms with Gasteiger partial charge in [0.25, 0.3) is 0 Å². The van der Waals surface area contributed by atoms with E-state index in [9.17, 15) is 9.90 Å². The molecular weight excluding hydrogens is 288 g/mol. The third kappa shape index (κ3) is 1.39. The fourth-order valence-corrected chi connectivity index (χ4v) is 5.50. The van der Waals surface area contributed by atoms with Crippen molar-refractivity contribution in [3.8, 4) is 5.75 Å². The number of allylic oxidation sites excluding steroid dienone is 2. The fraction of sp³-hybridized carbons (Fsp3) is 0.421. The van der Waals surface area contributed by atoms with Gasteiger partial charge in [0.15, 0.2) is 0 Å². The molecule has 0 unspecified atom stereocenters. The summed E-state index contributed by atoms with van der Waals surface area (Å²) in [6.07, 6.45) is 5.24. The summed E-state index contributed by atoms with van der Waals surface area (Å²) in [5.74, 6) is 0.507. The van der Waals surface area contributed by atoms with Gasteiger partial charge in [-0.1, -0.05) is 23.8 Å². The van der Waals surface area contributed by atoms with E-state index in [0.717, 1.165) is 49.2 Å². The third-order valence-electron chi connectivity index (χ3n) is 6.48. The van der Waals surface area contributed by atoms with Crippen LogP contribution in [-0.2, 0) is 10.2 Å². The zero-order valence-corrected chi connectivity index (χ0v) is 13.2. The highest BCUT2D eigenvalue weighted by Crippen LogP contribution is 2.61. The van der Waals surface area contributed by atoms with E-state index in [0.29, 0.717) is 6.04 Å². The summed E-state index contributed by atoms with van der Waals surface area (Å²) in [6, 6.07) is 6.18. The molecule has 2 bridgehead atoms. The van der Waals surface area contributed by atoms with Crippen LogP contribution in [0.2, 0.25) is 0 Å². The number of nitrogens with one attached hydrogen (secondary N) is 1. The lowest BCUT2D eigenvalue weighted by atomic mass is 9.62. The maximum Gasteiger partial charge on any atom is 0.148 e. The standard InChI is InChI=1S/C19H20N2O2/c1-2-11-9-21-7-6-19-14-4-3-5-15(23)17(14)20-18(19)13(10-22)12(11)8-16(19)21/h2-5,10,12,16,20,23H,6-9H2,1H3/b11-2-/t12-,16+,19-/m0/s1. The lowest BCUT2D eigenvalue weighted by Gasteiger charge is -2.48. The molecule has 2 fully saturated rings. The van der Waals surface area contributed by atoms with Crippen LogP contribution in [0.25, 0.3) is 0 Å². The number of hydrogen-bond acceptors (Lipinski definition) is 4. The molecule has 2 saturated heterocycles. The molecule has 3 heterocycles. The highest BCUT2D eigenvalue weighted by molar-refractivity contribution is 5.86. The molecule has 1 aliphatic carbocycles. The number of para-hydroxylation sites is 1. The second kappa shape index (κ2) is 4.26. The first-order valence-electron chi connectivity index (χ1n) is 8.39. The average molecular weight is 308 g/mol. The largest absolute Gasteiger partial charge is 0.506 e. The van der Waals surface area contributed by atoms with E-state index >= 15 is 0 Å². The predicted octanol–water partition coefficient (Wildman–Crippen LogP) is 2.56. The van der Waals surface area contributed by atoms with Crippen molar-refractivity contribution >= 4 is 12.0 Å². The number of phenols is 1. The van der Waals surface area contributed by atoms with Gasteiger partial charge in [0, 0.05) is 36.3 Å². The number of aromatic hydroxyl groups is 1. The van der Waals surface area contributed by atoms with E-state index in [1.807, 2.05) is 6.07 Å². The van der Waals surface area contributed by atoms with Crippen LogP contribution < -0.4 is 5.32 Å². The predicted molar refractivity (Wildman–Crippen MR) is 88.3 cm³/mol. The normalized spacial score (nSPS) is 36.0. The molecule has 4 nitrogen and oxygen atoms in total. The molecule has 118 valence electrons. The number of carbonyl (C=O) groups is 1. The summed E-state index contributed by atoms with van der Waals surface area (Å²) in [7, 11) is 0. The smallest absolute Gasteiger partial charge is 0.148 e. The van der Waals surface area contributed by atoms with Gasteiger partial charge in [0.2, 0.25) is 0 Å². The topological polar surface area (TPSA) is 52.6 Å². The fourth-order valence-electron chi connectivity index (χ4n) is 5.50. The second-order valence-corrected chi connectivity index (χ2v) is 7.13. The summed E-state index contributed by atoms with van der Waals surface area (Å²) in [5, 5.41) is 13.7. The van der Waals surface area contributed by atoms with Crippen LogP contribution in [0.3, 0.4) is 0 Å². The Labute approximate surface area is 135 Å². The molecule has 1 aromatic carbocycles. The van der Waals surface area contributed by atoms with Crippen LogP contribution in [0.15, 0.2) is 41.1 Å². The van der Waals surface area contributed by atoms with Crippen LogP contribution in [0.4, 0.5) is 5.69 Å². The van der Waals surface area contributed by atoms with Crippen LogP contribution in [-0.4, -0.2) is 35.4 Å². The van der Waals surface area contributed by atoms with Crippen molar-refractivity contribution in [2.45, 2.75) is 31.2 Å². The van der Waals surface area contributed by atoms with E-state index in [-0.39, 0.29) is 17.1 Å². The molecule has 1 aromatic rings. The Bertz CT molecular complexity index is 795. The zero-order chi connectivity index (χ0) is 15.8. The Kier molecular flexibility index (Phi) is 2.48. The monoisotopic (exact) mass is 308 g/mol. The first kappa shape index (κ1) is 13.4. The summed E-state index contributed by atoms with van der Waals surface area (Å²) in [5.41, 5.74) is 5.13. The van der Waals surface area contributed by atoms with Crippen molar-refractivity contribution < 1.29 is 9.90 Å². The van der Waals surface area contributed by atoms with E-state index in [1.54, 1.807) is 6.07 Å². The first-order chi connectivity index (χ1) is 11.2. The molecule has 4 heteroatoms. The lowest BCUT2D eigenvalue weighted by Crippen LogP contribution is -2.52. The van der Waals surface area contributed by atoms with Crippen molar-refractivity contribution in [3.05, 3.63) is 46.7 Å². The number of aldehydes is 1. The SMILES string of the molecule is C/C=C1/CN2CC[C@@]34C(=C(C=O)[C@H]1C[C@@H]23)Nc1c(O)cccc14. The van der Waals surface area contributed by atoms with Crippen molar-refractivity contribution in [1.82, 2.24) is 4.90 Å². The van der Waals surface area contributed by atoms with Gasteiger partial charge >= 0.3 is 0 Å². The number of hydrogen-bond donors (Lipinski definition) is 2. The average Bonchev–Trinajstić information content (AvgIpc) is 3.12. The Morgan fingerprint density at radius 1 is 1.43 bits per heavy atom. The van der Waals surface area contributed by atoms with Gasteiger partial charge in [-0.05, 0) is 31.4 Å². The van der Waals surface area contributed by atoms with Crippen LogP contribution in [0.5, 0.6) is 5.75 Å². The number of nitrogens with zero attached hydrogens (tertiary/aromatic N) is 1. The quantitative estimate of drug-likeness (QED) is 0.476. The molecule has 0 saturated carbocycles. The summed E-state index contributed by atoms with van der Waals surface area (Å²) >= 11 is 0. The minimum Gasteiger partial charge on any atom is -0.506 e. The zero-order valence-electron chi connectivity index (χ0n) is 13.2. The number of anilines is 1. The summed E-state index contributed by atoms with van der Waals surface area (Å²) < 4.78 is 0. The minimum atomic E-state index is -0.139. The molecule has 5 rings (SSSR count). The molecule has 3 aliphatic heterocycles. The molecule has 0 radical (unpaired) electrons. The van der Waals surface area contributed by atoms with Gasteiger partial charge < -0.3 is 10.4 Å². The Morgan fingerprint density at radius 2 is 2.30 bits per heavy atom. The van der Waals surface area contributed by atoms with Gasteiger partial charge in [0.05, 0.1) is 11.1 Å². The maximum atomic E-state index is 12.0. The molecule has 0 amide bonds. The molecule has 1 spiro atoms. The van der Waals surface area contributed by atoms with E-state index in [4.69, 9.17) is 0 Å². The first-order valence-corrected chi connectivity index (χ1v) is 8.39. The number of carbonyl (C=O) groups excluding carboxylic acids is 1. The number of fused-ring (bicyclic) bond motifs is 2. The Hall–Kier alpha value is -2.07. The number of phenolic OH excluding ortho intramolecular Hbond substituents is 1. The summed E-state index contributed by atoms with van der Waals surface area (Å²) in [6.45, 7) is 4.08. The van der Waals surface area contributed by atoms with Gasteiger partial charge in [0.1, 0.15) is 12.0 Å². The molecule has 2 N–H and O–H groups in total. The molecule has 3 atom stereocenters.